The monoisotopic (exact) mass is 152 g/mol. The van der Waals surface area contributed by atoms with Crippen molar-refractivity contribution in [2.24, 2.45) is 0 Å². The Balaban J connectivity index is 3.21. The van der Waals surface area contributed by atoms with Crippen molar-refractivity contribution in [3.8, 4) is 0 Å². The highest BCUT2D eigenvalue weighted by Gasteiger charge is 2.05. The van der Waals surface area contributed by atoms with E-state index in [4.69, 9.17) is 9.47 Å². The van der Waals surface area contributed by atoms with Crippen LogP contribution >= 0.6 is 0 Å². The number of hydrogen-bond donors (Lipinski definition) is 0. The Morgan fingerprint density at radius 3 is 2.60 bits per heavy atom. The van der Waals surface area contributed by atoms with E-state index < -0.39 is 6.29 Å². The SMILES string of the molecule is CCCOC(COF)OC. The maximum atomic E-state index is 11.2. The average molecular weight is 152 g/mol. The molecule has 0 saturated carbocycles. The predicted molar refractivity (Wildman–Crippen MR) is 34.1 cm³/mol. The van der Waals surface area contributed by atoms with Gasteiger partial charge in [-0.05, 0) is 10.9 Å². The van der Waals surface area contributed by atoms with E-state index in [0.717, 1.165) is 6.42 Å². The molecule has 0 fully saturated rings. The Labute approximate surface area is 60.0 Å². The minimum absolute atomic E-state index is 0.170. The molecule has 0 spiro atoms. The Hall–Kier alpha value is -0.190. The summed E-state index contributed by atoms with van der Waals surface area (Å²) in [7, 11) is 1.44. The Morgan fingerprint density at radius 2 is 2.20 bits per heavy atom. The van der Waals surface area contributed by atoms with E-state index in [9.17, 15) is 4.53 Å². The van der Waals surface area contributed by atoms with Crippen LogP contribution in [-0.2, 0) is 14.4 Å². The zero-order chi connectivity index (χ0) is 7.82. The summed E-state index contributed by atoms with van der Waals surface area (Å²) in [5.74, 6) is 0. The van der Waals surface area contributed by atoms with Gasteiger partial charge in [0.1, 0.15) is 6.61 Å². The van der Waals surface area contributed by atoms with E-state index in [1.165, 1.54) is 7.11 Å². The molecule has 62 valence electrons. The first kappa shape index (κ1) is 9.81. The maximum Gasteiger partial charge on any atom is 0.183 e. The van der Waals surface area contributed by atoms with Crippen LogP contribution in [0.1, 0.15) is 13.3 Å². The lowest BCUT2D eigenvalue weighted by atomic mass is 10.5. The lowest BCUT2D eigenvalue weighted by Gasteiger charge is -2.12. The van der Waals surface area contributed by atoms with Crippen LogP contribution in [0.3, 0.4) is 0 Å². The van der Waals surface area contributed by atoms with Gasteiger partial charge in [0.2, 0.25) is 0 Å². The molecule has 0 aliphatic heterocycles. The largest absolute Gasteiger partial charge is 0.353 e. The van der Waals surface area contributed by atoms with E-state index in [0.29, 0.717) is 6.61 Å². The molecule has 0 aromatic heterocycles. The van der Waals surface area contributed by atoms with E-state index >= 15 is 0 Å². The quantitative estimate of drug-likeness (QED) is 0.537. The number of rotatable bonds is 6. The van der Waals surface area contributed by atoms with Gasteiger partial charge in [0.05, 0.1) is 0 Å². The summed E-state index contributed by atoms with van der Waals surface area (Å²) in [5.41, 5.74) is 0. The molecule has 0 aliphatic rings. The zero-order valence-corrected chi connectivity index (χ0v) is 6.30. The molecule has 0 aliphatic carbocycles. The van der Waals surface area contributed by atoms with Crippen molar-refractivity contribution < 1.29 is 18.9 Å². The molecule has 0 rings (SSSR count). The molecule has 0 heterocycles. The first-order valence-electron chi connectivity index (χ1n) is 3.23. The third kappa shape index (κ3) is 4.67. The van der Waals surface area contributed by atoms with Crippen molar-refractivity contribution in [2.45, 2.75) is 19.6 Å². The first-order valence-corrected chi connectivity index (χ1v) is 3.23. The van der Waals surface area contributed by atoms with E-state index in [2.05, 4.69) is 4.94 Å². The van der Waals surface area contributed by atoms with Crippen LogP contribution in [0, 0.1) is 0 Å². The van der Waals surface area contributed by atoms with Crippen molar-refractivity contribution in [1.29, 1.82) is 0 Å². The van der Waals surface area contributed by atoms with Gasteiger partial charge in [-0.3, -0.25) is 0 Å². The Morgan fingerprint density at radius 1 is 1.50 bits per heavy atom. The maximum absolute atomic E-state index is 11.2. The van der Waals surface area contributed by atoms with Gasteiger partial charge in [-0.15, -0.1) is 0 Å². The summed E-state index contributed by atoms with van der Waals surface area (Å²) in [5, 5.41) is 0. The fourth-order valence-electron chi connectivity index (χ4n) is 0.485. The second-order valence-electron chi connectivity index (χ2n) is 1.81. The van der Waals surface area contributed by atoms with Gasteiger partial charge in [0, 0.05) is 13.7 Å². The highest BCUT2D eigenvalue weighted by Crippen LogP contribution is 1.95. The third-order valence-electron chi connectivity index (χ3n) is 0.970. The van der Waals surface area contributed by atoms with Gasteiger partial charge < -0.3 is 9.47 Å². The normalized spacial score (nSPS) is 13.5. The van der Waals surface area contributed by atoms with Crippen LogP contribution in [0.15, 0.2) is 0 Å². The molecule has 0 amide bonds. The topological polar surface area (TPSA) is 27.7 Å². The highest BCUT2D eigenvalue weighted by atomic mass is 19.3. The molecule has 0 N–H and O–H groups in total. The van der Waals surface area contributed by atoms with E-state index in [-0.39, 0.29) is 6.61 Å². The first-order chi connectivity index (χ1) is 4.85. The average Bonchev–Trinajstić information content (AvgIpc) is 1.98. The van der Waals surface area contributed by atoms with Crippen LogP contribution in [0.4, 0.5) is 4.53 Å². The molecular weight excluding hydrogens is 139 g/mol. The van der Waals surface area contributed by atoms with E-state index in [1.54, 1.807) is 0 Å². The number of ether oxygens (including phenoxy) is 2. The molecule has 10 heavy (non-hydrogen) atoms. The van der Waals surface area contributed by atoms with Gasteiger partial charge >= 0.3 is 0 Å². The summed E-state index contributed by atoms with van der Waals surface area (Å²) < 4.78 is 20.9. The summed E-state index contributed by atoms with van der Waals surface area (Å²) in [6.45, 7) is 2.35. The van der Waals surface area contributed by atoms with Gasteiger partial charge in [0.25, 0.3) is 0 Å². The van der Waals surface area contributed by atoms with Crippen molar-refractivity contribution >= 4 is 0 Å². The molecule has 3 nitrogen and oxygen atoms in total. The van der Waals surface area contributed by atoms with Crippen LogP contribution in [-0.4, -0.2) is 26.6 Å². The Bertz CT molecular complexity index is 70.0. The van der Waals surface area contributed by atoms with Crippen molar-refractivity contribution in [3.63, 3.8) is 0 Å². The van der Waals surface area contributed by atoms with Gasteiger partial charge in [-0.1, -0.05) is 6.92 Å². The summed E-state index contributed by atoms with van der Waals surface area (Å²) in [6.07, 6.45) is 0.302. The summed E-state index contributed by atoms with van der Waals surface area (Å²) in [4.78, 5) is 3.34. The number of methoxy groups -OCH3 is 1. The lowest BCUT2D eigenvalue weighted by molar-refractivity contribution is -0.224. The molecule has 0 bridgehead atoms. The molecule has 0 saturated heterocycles. The zero-order valence-electron chi connectivity index (χ0n) is 6.30. The van der Waals surface area contributed by atoms with Crippen molar-refractivity contribution in [2.75, 3.05) is 20.3 Å². The summed E-state index contributed by atoms with van der Waals surface area (Å²) in [6, 6.07) is 0. The van der Waals surface area contributed by atoms with Gasteiger partial charge in [-0.2, -0.15) is 4.94 Å². The second kappa shape index (κ2) is 6.92. The molecular formula is C6H13FO3. The predicted octanol–water partition coefficient (Wildman–Crippen LogP) is 1.29. The molecule has 1 atom stereocenters. The minimum Gasteiger partial charge on any atom is -0.353 e. The van der Waals surface area contributed by atoms with Gasteiger partial charge in [0.15, 0.2) is 6.29 Å². The molecule has 4 heteroatoms. The van der Waals surface area contributed by atoms with Crippen molar-refractivity contribution in [1.82, 2.24) is 0 Å². The summed E-state index contributed by atoms with van der Waals surface area (Å²) >= 11 is 0. The number of hydrogen-bond acceptors (Lipinski definition) is 3. The standard InChI is InChI=1S/C6H13FO3/c1-3-4-9-6(8-2)5-10-7/h6H,3-5H2,1-2H3. The smallest absolute Gasteiger partial charge is 0.183 e. The molecule has 0 radical (unpaired) electrons. The van der Waals surface area contributed by atoms with Crippen molar-refractivity contribution in [3.05, 3.63) is 0 Å². The third-order valence-corrected chi connectivity index (χ3v) is 0.970. The van der Waals surface area contributed by atoms with Gasteiger partial charge in [-0.25, -0.2) is 0 Å². The van der Waals surface area contributed by atoms with Crippen LogP contribution in [0.5, 0.6) is 0 Å². The molecule has 1 unspecified atom stereocenters. The van der Waals surface area contributed by atoms with Crippen LogP contribution < -0.4 is 0 Å². The molecule has 0 aromatic carbocycles. The van der Waals surface area contributed by atoms with Crippen LogP contribution in [0.25, 0.3) is 0 Å². The fourth-order valence-corrected chi connectivity index (χ4v) is 0.485. The Kier molecular flexibility index (Phi) is 6.79. The minimum atomic E-state index is -0.579. The highest BCUT2D eigenvalue weighted by molar-refractivity contribution is 4.37. The van der Waals surface area contributed by atoms with E-state index in [1.807, 2.05) is 6.92 Å². The van der Waals surface area contributed by atoms with Crippen LogP contribution in [0.2, 0.25) is 0 Å². The second-order valence-corrected chi connectivity index (χ2v) is 1.81. The molecule has 0 aromatic rings. The lowest BCUT2D eigenvalue weighted by Crippen LogP contribution is -2.20. The fraction of sp³-hybridized carbons (Fsp3) is 1.00. The number of halogens is 1.